The lowest BCUT2D eigenvalue weighted by Gasteiger charge is -2.18. The van der Waals surface area contributed by atoms with Gasteiger partial charge in [-0.3, -0.25) is 15.5 Å². The van der Waals surface area contributed by atoms with Gasteiger partial charge in [-0.05, 0) is 49.8 Å². The first-order valence-corrected chi connectivity index (χ1v) is 11.1. The molecular weight excluding hydrogens is 392 g/mol. The molecule has 0 amide bonds. The van der Waals surface area contributed by atoms with Gasteiger partial charge in [-0.2, -0.15) is 9.41 Å². The standard InChI is InChI=1S/C20H22N4O4S/c25-24(26)20-14-16(29(27,28)23-12-3-4-13-23)10-11-19(20)22-21-18-9-5-7-15-6-1-2-8-17(15)18/h1-2,6,8,10-11,14,22H,3-5,7,9,12-13H2. The summed E-state index contributed by atoms with van der Waals surface area (Å²) >= 11 is 0. The SMILES string of the molecule is O=[N+]([O-])c1cc(S(=O)(=O)N2CCCC2)ccc1NN=C1CCCc2ccccc21. The molecule has 2 aliphatic rings. The normalized spacial score (nSPS) is 18.6. The molecule has 4 rings (SSSR count). The van der Waals surface area contributed by atoms with Gasteiger partial charge in [0.05, 0.1) is 15.5 Å². The quantitative estimate of drug-likeness (QED) is 0.595. The highest BCUT2D eigenvalue weighted by atomic mass is 32.2. The van der Waals surface area contributed by atoms with E-state index in [2.05, 4.69) is 16.6 Å². The molecule has 152 valence electrons. The molecule has 0 bridgehead atoms. The Morgan fingerprint density at radius 1 is 1.03 bits per heavy atom. The number of sulfonamides is 1. The maximum atomic E-state index is 12.7. The number of aryl methyl sites for hydroxylation is 1. The number of hydrogen-bond acceptors (Lipinski definition) is 6. The zero-order valence-corrected chi connectivity index (χ0v) is 16.7. The van der Waals surface area contributed by atoms with Gasteiger partial charge in [0, 0.05) is 24.7 Å². The first-order valence-electron chi connectivity index (χ1n) is 9.66. The molecule has 0 saturated carbocycles. The van der Waals surface area contributed by atoms with Crippen LogP contribution in [0.5, 0.6) is 0 Å². The molecule has 1 N–H and O–H groups in total. The van der Waals surface area contributed by atoms with E-state index in [1.54, 1.807) is 0 Å². The molecule has 2 aromatic carbocycles. The molecule has 1 aliphatic carbocycles. The molecule has 1 saturated heterocycles. The number of nitro benzene ring substituents is 1. The molecule has 1 heterocycles. The summed E-state index contributed by atoms with van der Waals surface area (Å²) in [5.41, 5.74) is 5.75. The fraction of sp³-hybridized carbons (Fsp3) is 0.350. The number of fused-ring (bicyclic) bond motifs is 1. The molecule has 29 heavy (non-hydrogen) atoms. The monoisotopic (exact) mass is 414 g/mol. The van der Waals surface area contributed by atoms with Crippen LogP contribution in [0.3, 0.4) is 0 Å². The summed E-state index contributed by atoms with van der Waals surface area (Å²) in [6, 6.07) is 11.9. The maximum absolute atomic E-state index is 12.7. The lowest BCUT2D eigenvalue weighted by atomic mass is 9.90. The lowest BCUT2D eigenvalue weighted by Crippen LogP contribution is -2.27. The molecule has 0 atom stereocenters. The van der Waals surface area contributed by atoms with Gasteiger partial charge in [0.15, 0.2) is 0 Å². The van der Waals surface area contributed by atoms with Crippen molar-refractivity contribution in [1.82, 2.24) is 4.31 Å². The third-order valence-corrected chi connectivity index (χ3v) is 7.26. The molecule has 0 radical (unpaired) electrons. The minimum Gasteiger partial charge on any atom is -0.271 e. The average molecular weight is 414 g/mol. The Morgan fingerprint density at radius 3 is 2.55 bits per heavy atom. The largest absolute Gasteiger partial charge is 0.295 e. The number of nitrogens with one attached hydrogen (secondary N) is 1. The Bertz CT molecular complexity index is 1080. The topological polar surface area (TPSA) is 105 Å². The number of benzene rings is 2. The van der Waals surface area contributed by atoms with Gasteiger partial charge >= 0.3 is 0 Å². The highest BCUT2D eigenvalue weighted by Gasteiger charge is 2.29. The highest BCUT2D eigenvalue weighted by molar-refractivity contribution is 7.89. The van der Waals surface area contributed by atoms with Crippen LogP contribution in [0.25, 0.3) is 0 Å². The van der Waals surface area contributed by atoms with E-state index >= 15 is 0 Å². The van der Waals surface area contributed by atoms with Gasteiger partial charge in [-0.15, -0.1) is 0 Å². The van der Waals surface area contributed by atoms with Crippen LogP contribution in [0.1, 0.15) is 36.8 Å². The first kappa shape index (κ1) is 19.5. The van der Waals surface area contributed by atoms with Crippen molar-refractivity contribution in [2.45, 2.75) is 37.0 Å². The number of anilines is 1. The highest BCUT2D eigenvalue weighted by Crippen LogP contribution is 2.30. The summed E-state index contributed by atoms with van der Waals surface area (Å²) in [4.78, 5) is 10.9. The second kappa shape index (κ2) is 7.92. The molecule has 1 aliphatic heterocycles. The van der Waals surface area contributed by atoms with Crippen LogP contribution in [0.15, 0.2) is 52.5 Å². The van der Waals surface area contributed by atoms with E-state index < -0.39 is 14.9 Å². The Hall–Kier alpha value is -2.78. The van der Waals surface area contributed by atoms with E-state index in [0.29, 0.717) is 13.1 Å². The Kier molecular flexibility index (Phi) is 5.33. The third-order valence-electron chi connectivity index (χ3n) is 5.37. The van der Waals surface area contributed by atoms with Gasteiger partial charge in [0.25, 0.3) is 5.69 Å². The van der Waals surface area contributed by atoms with Crippen LogP contribution in [-0.2, 0) is 16.4 Å². The fourth-order valence-corrected chi connectivity index (χ4v) is 5.38. The van der Waals surface area contributed by atoms with Gasteiger partial charge in [0.2, 0.25) is 10.0 Å². The van der Waals surface area contributed by atoms with E-state index in [9.17, 15) is 18.5 Å². The van der Waals surface area contributed by atoms with Gasteiger partial charge < -0.3 is 0 Å². The van der Waals surface area contributed by atoms with Crippen molar-refractivity contribution in [3.63, 3.8) is 0 Å². The number of rotatable bonds is 5. The maximum Gasteiger partial charge on any atom is 0.295 e. The molecule has 0 unspecified atom stereocenters. The summed E-state index contributed by atoms with van der Waals surface area (Å²) in [5, 5.41) is 16.0. The number of hydrazone groups is 1. The summed E-state index contributed by atoms with van der Waals surface area (Å²) < 4.78 is 26.8. The van der Waals surface area contributed by atoms with Gasteiger partial charge in [-0.1, -0.05) is 24.3 Å². The van der Waals surface area contributed by atoms with Crippen LogP contribution in [0.2, 0.25) is 0 Å². The summed E-state index contributed by atoms with van der Waals surface area (Å²) in [6.45, 7) is 0.895. The zero-order valence-electron chi connectivity index (χ0n) is 15.9. The van der Waals surface area contributed by atoms with Crippen molar-refractivity contribution in [1.29, 1.82) is 0 Å². The predicted octanol–water partition coefficient (Wildman–Crippen LogP) is 3.53. The Balaban J connectivity index is 1.64. The van der Waals surface area contributed by atoms with Crippen molar-refractivity contribution in [2.24, 2.45) is 5.10 Å². The van der Waals surface area contributed by atoms with Crippen LogP contribution in [-0.4, -0.2) is 36.4 Å². The summed E-state index contributed by atoms with van der Waals surface area (Å²) in [7, 11) is -3.72. The fourth-order valence-electron chi connectivity index (χ4n) is 3.84. The molecule has 1 fully saturated rings. The van der Waals surface area contributed by atoms with E-state index in [1.807, 2.05) is 18.2 Å². The van der Waals surface area contributed by atoms with Crippen molar-refractivity contribution in [3.8, 4) is 0 Å². The van der Waals surface area contributed by atoms with Crippen molar-refractivity contribution < 1.29 is 13.3 Å². The number of hydrogen-bond donors (Lipinski definition) is 1. The second-order valence-corrected chi connectivity index (χ2v) is 9.17. The van der Waals surface area contributed by atoms with Crippen LogP contribution in [0.4, 0.5) is 11.4 Å². The third kappa shape index (κ3) is 3.88. The molecule has 2 aromatic rings. The summed E-state index contributed by atoms with van der Waals surface area (Å²) in [6.07, 6.45) is 4.34. The first-order chi connectivity index (χ1) is 14.0. The molecule has 0 spiro atoms. The van der Waals surface area contributed by atoms with E-state index in [4.69, 9.17) is 0 Å². The molecule has 8 nitrogen and oxygen atoms in total. The lowest BCUT2D eigenvalue weighted by molar-refractivity contribution is -0.384. The van der Waals surface area contributed by atoms with Crippen LogP contribution in [0, 0.1) is 10.1 Å². The molecule has 9 heteroatoms. The van der Waals surface area contributed by atoms with Crippen LogP contribution >= 0.6 is 0 Å². The van der Waals surface area contributed by atoms with Crippen LogP contribution < -0.4 is 5.43 Å². The van der Waals surface area contributed by atoms with E-state index in [-0.39, 0.29) is 16.3 Å². The zero-order chi connectivity index (χ0) is 20.4. The molecule has 0 aromatic heterocycles. The van der Waals surface area contributed by atoms with Gasteiger partial charge in [0.1, 0.15) is 5.69 Å². The Labute approximate surface area is 169 Å². The predicted molar refractivity (Wildman–Crippen MR) is 111 cm³/mol. The smallest absolute Gasteiger partial charge is 0.271 e. The molecular formula is C20H22N4O4S. The summed E-state index contributed by atoms with van der Waals surface area (Å²) in [5.74, 6) is 0. The van der Waals surface area contributed by atoms with Crippen molar-refractivity contribution >= 4 is 27.1 Å². The van der Waals surface area contributed by atoms with Crippen molar-refractivity contribution in [2.75, 3.05) is 18.5 Å². The van der Waals surface area contributed by atoms with E-state index in [0.717, 1.165) is 49.4 Å². The minimum atomic E-state index is -3.72. The van der Waals surface area contributed by atoms with Crippen molar-refractivity contribution in [3.05, 3.63) is 63.7 Å². The Morgan fingerprint density at radius 2 is 1.79 bits per heavy atom. The van der Waals surface area contributed by atoms with Gasteiger partial charge in [-0.25, -0.2) is 8.42 Å². The number of nitrogens with zero attached hydrogens (tertiary/aromatic N) is 3. The minimum absolute atomic E-state index is 0.0627. The second-order valence-electron chi connectivity index (χ2n) is 7.23. The average Bonchev–Trinajstić information content (AvgIpc) is 3.28. The van der Waals surface area contributed by atoms with E-state index in [1.165, 1.54) is 22.0 Å². The number of nitro groups is 1.